The molecular weight excluding hydrogens is 607 g/mol. The number of hydrogen-bond acceptors (Lipinski definition) is 2. The minimum Gasteiger partial charge on any atom is -0.456 e. The van der Waals surface area contributed by atoms with Crippen molar-refractivity contribution in [2.24, 2.45) is 0 Å². The molecule has 0 aliphatic heterocycles. The van der Waals surface area contributed by atoms with E-state index in [1.165, 1.54) is 60.0 Å². The Morgan fingerprint density at radius 3 is 1.84 bits per heavy atom. The van der Waals surface area contributed by atoms with Gasteiger partial charge in [0.05, 0.1) is 5.69 Å². The van der Waals surface area contributed by atoms with Crippen LogP contribution in [0, 0.1) is 0 Å². The molecule has 1 aromatic heterocycles. The van der Waals surface area contributed by atoms with Crippen LogP contribution in [0.3, 0.4) is 0 Å². The number of hydrogen-bond donors (Lipinski definition) is 0. The summed E-state index contributed by atoms with van der Waals surface area (Å²) in [6.45, 7) is 0. The molecule has 0 aliphatic carbocycles. The number of fused-ring (bicyclic) bond motifs is 8. The second kappa shape index (κ2) is 11.5. The molecule has 0 fully saturated rings. The van der Waals surface area contributed by atoms with Crippen LogP contribution in [0.25, 0.3) is 76.5 Å². The van der Waals surface area contributed by atoms with Crippen molar-refractivity contribution in [2.45, 2.75) is 0 Å². The van der Waals surface area contributed by atoms with Gasteiger partial charge in [0, 0.05) is 27.7 Å². The van der Waals surface area contributed by atoms with E-state index >= 15 is 0 Å². The van der Waals surface area contributed by atoms with Crippen LogP contribution in [0.2, 0.25) is 0 Å². The molecule has 10 aromatic rings. The van der Waals surface area contributed by atoms with Gasteiger partial charge in [-0.3, -0.25) is 0 Å². The summed E-state index contributed by atoms with van der Waals surface area (Å²) in [6, 6.07) is 67.6. The summed E-state index contributed by atoms with van der Waals surface area (Å²) < 4.78 is 6.22. The van der Waals surface area contributed by atoms with Gasteiger partial charge in [0.1, 0.15) is 11.2 Å². The number of anilines is 3. The zero-order valence-corrected chi connectivity index (χ0v) is 27.3. The molecule has 0 N–H and O–H groups in total. The van der Waals surface area contributed by atoms with E-state index in [-0.39, 0.29) is 0 Å². The molecule has 0 amide bonds. The Morgan fingerprint density at radius 1 is 0.340 bits per heavy atom. The van der Waals surface area contributed by atoms with Gasteiger partial charge in [-0.1, -0.05) is 140 Å². The Morgan fingerprint density at radius 2 is 0.960 bits per heavy atom. The van der Waals surface area contributed by atoms with E-state index in [9.17, 15) is 0 Å². The lowest BCUT2D eigenvalue weighted by atomic mass is 9.97. The fourth-order valence-electron chi connectivity index (χ4n) is 7.61. The largest absolute Gasteiger partial charge is 0.456 e. The second-order valence-electron chi connectivity index (χ2n) is 12.9. The van der Waals surface area contributed by atoms with Gasteiger partial charge in [-0.05, 0) is 97.5 Å². The van der Waals surface area contributed by atoms with E-state index in [4.69, 9.17) is 4.42 Å². The van der Waals surface area contributed by atoms with Gasteiger partial charge in [0.2, 0.25) is 0 Å². The van der Waals surface area contributed by atoms with Crippen molar-refractivity contribution in [3.63, 3.8) is 0 Å². The Kier molecular flexibility index (Phi) is 6.53. The summed E-state index contributed by atoms with van der Waals surface area (Å²) in [5.74, 6) is 0. The molecule has 50 heavy (non-hydrogen) atoms. The zero-order chi connectivity index (χ0) is 33.0. The van der Waals surface area contributed by atoms with Crippen molar-refractivity contribution in [2.75, 3.05) is 4.90 Å². The fourth-order valence-corrected chi connectivity index (χ4v) is 7.61. The molecule has 0 saturated heterocycles. The first kappa shape index (κ1) is 28.4. The monoisotopic (exact) mass is 637 g/mol. The van der Waals surface area contributed by atoms with Crippen LogP contribution in [0.4, 0.5) is 17.1 Å². The molecule has 234 valence electrons. The van der Waals surface area contributed by atoms with Gasteiger partial charge >= 0.3 is 0 Å². The van der Waals surface area contributed by atoms with E-state index < -0.39 is 0 Å². The first-order chi connectivity index (χ1) is 24.8. The quantitative estimate of drug-likeness (QED) is 0.175. The Balaban J connectivity index is 1.14. The summed E-state index contributed by atoms with van der Waals surface area (Å²) in [6.07, 6.45) is 0. The smallest absolute Gasteiger partial charge is 0.136 e. The van der Waals surface area contributed by atoms with E-state index in [2.05, 4.69) is 181 Å². The first-order valence-corrected chi connectivity index (χ1v) is 17.1. The van der Waals surface area contributed by atoms with Crippen molar-refractivity contribution in [1.29, 1.82) is 0 Å². The van der Waals surface area contributed by atoms with Crippen molar-refractivity contribution in [3.8, 4) is 22.3 Å². The summed E-state index contributed by atoms with van der Waals surface area (Å²) in [5.41, 5.74) is 9.89. The highest BCUT2D eigenvalue weighted by molar-refractivity contribution is 6.19. The topological polar surface area (TPSA) is 16.4 Å². The van der Waals surface area contributed by atoms with Crippen molar-refractivity contribution >= 4 is 71.3 Å². The fraction of sp³-hybridized carbons (Fsp3) is 0. The molecule has 0 atom stereocenters. The molecular formula is C48H31NO. The van der Waals surface area contributed by atoms with Gasteiger partial charge < -0.3 is 9.32 Å². The highest BCUT2D eigenvalue weighted by Gasteiger charge is 2.18. The Bertz CT molecular complexity index is 2870. The van der Waals surface area contributed by atoms with Crippen LogP contribution in [0.5, 0.6) is 0 Å². The molecule has 10 rings (SSSR count). The van der Waals surface area contributed by atoms with Crippen LogP contribution >= 0.6 is 0 Å². The number of rotatable bonds is 5. The van der Waals surface area contributed by atoms with Gasteiger partial charge in [-0.15, -0.1) is 0 Å². The standard InChI is InChI=1S/C48H31NO/c1-2-10-33(11-3-1)41-14-6-8-16-45(41)49(39-28-24-35-19-18-34-12-4-5-13-40(34)43(35)31-39)38-26-22-32(23-27-38)37-21-20-36-25-29-47-48(44(36)30-37)42-15-7-9-17-46(42)50-47/h1-31H. The molecule has 2 heteroatoms. The van der Waals surface area contributed by atoms with Gasteiger partial charge in [-0.25, -0.2) is 0 Å². The van der Waals surface area contributed by atoms with E-state index in [0.29, 0.717) is 0 Å². The molecule has 0 bridgehead atoms. The molecule has 0 radical (unpaired) electrons. The highest BCUT2D eigenvalue weighted by Crippen LogP contribution is 2.43. The van der Waals surface area contributed by atoms with Crippen molar-refractivity contribution < 1.29 is 4.42 Å². The molecule has 9 aromatic carbocycles. The SMILES string of the molecule is c1ccc(-c2ccccc2N(c2ccc(-c3ccc4ccc5oc6ccccc6c5c4c3)cc2)c2ccc3ccc4ccccc4c3c2)cc1. The summed E-state index contributed by atoms with van der Waals surface area (Å²) in [4.78, 5) is 2.40. The molecule has 0 aliphatic rings. The second-order valence-corrected chi connectivity index (χ2v) is 12.9. The molecule has 0 unspecified atom stereocenters. The average molecular weight is 638 g/mol. The van der Waals surface area contributed by atoms with E-state index in [1.807, 2.05) is 12.1 Å². The summed E-state index contributed by atoms with van der Waals surface area (Å²) in [7, 11) is 0. The highest BCUT2D eigenvalue weighted by atomic mass is 16.3. The average Bonchev–Trinajstić information content (AvgIpc) is 3.58. The molecule has 2 nitrogen and oxygen atoms in total. The maximum absolute atomic E-state index is 6.22. The third kappa shape index (κ3) is 4.65. The lowest BCUT2D eigenvalue weighted by molar-refractivity contribution is 0.669. The number of para-hydroxylation sites is 2. The first-order valence-electron chi connectivity index (χ1n) is 17.1. The Labute approximate surface area is 290 Å². The maximum atomic E-state index is 6.22. The lowest BCUT2D eigenvalue weighted by Gasteiger charge is -2.28. The summed E-state index contributed by atoms with van der Waals surface area (Å²) >= 11 is 0. The van der Waals surface area contributed by atoms with Crippen molar-refractivity contribution in [3.05, 3.63) is 188 Å². The van der Waals surface area contributed by atoms with E-state index in [1.54, 1.807) is 0 Å². The van der Waals surface area contributed by atoms with Crippen LogP contribution in [-0.4, -0.2) is 0 Å². The predicted octanol–water partition coefficient (Wildman–Crippen LogP) is 13.8. The van der Waals surface area contributed by atoms with Crippen molar-refractivity contribution in [1.82, 2.24) is 0 Å². The third-order valence-corrected chi connectivity index (χ3v) is 10.0. The number of benzene rings is 9. The van der Waals surface area contributed by atoms with Gasteiger partial charge in [-0.2, -0.15) is 0 Å². The lowest BCUT2D eigenvalue weighted by Crippen LogP contribution is -2.11. The van der Waals surface area contributed by atoms with Crippen LogP contribution in [0.15, 0.2) is 192 Å². The van der Waals surface area contributed by atoms with Gasteiger partial charge in [0.15, 0.2) is 0 Å². The maximum Gasteiger partial charge on any atom is 0.136 e. The summed E-state index contributed by atoms with van der Waals surface area (Å²) in [5, 5.41) is 9.71. The molecule has 1 heterocycles. The minimum atomic E-state index is 0.919. The number of nitrogens with zero attached hydrogens (tertiary/aromatic N) is 1. The third-order valence-electron chi connectivity index (χ3n) is 10.0. The van der Waals surface area contributed by atoms with E-state index in [0.717, 1.165) is 33.6 Å². The molecule has 0 spiro atoms. The number of furan rings is 1. The minimum absolute atomic E-state index is 0.919. The normalized spacial score (nSPS) is 11.6. The molecule has 0 saturated carbocycles. The zero-order valence-electron chi connectivity index (χ0n) is 27.3. The van der Waals surface area contributed by atoms with Crippen LogP contribution in [0.1, 0.15) is 0 Å². The van der Waals surface area contributed by atoms with Crippen LogP contribution in [-0.2, 0) is 0 Å². The van der Waals surface area contributed by atoms with Crippen LogP contribution < -0.4 is 4.90 Å². The van der Waals surface area contributed by atoms with Gasteiger partial charge in [0.25, 0.3) is 0 Å². The Hall–Kier alpha value is -6.64. The predicted molar refractivity (Wildman–Crippen MR) is 212 cm³/mol.